The van der Waals surface area contributed by atoms with Crippen molar-refractivity contribution in [3.8, 4) is 0 Å². The van der Waals surface area contributed by atoms with E-state index in [0.29, 0.717) is 25.7 Å². The van der Waals surface area contributed by atoms with Crippen LogP contribution in [0.2, 0.25) is 0 Å². The molecule has 0 aromatic carbocycles. The Morgan fingerprint density at radius 1 is 0.548 bits per heavy atom. The SMILES string of the molecule is CC/C=C\C/C=C\C/C=C\C/C=C\CCCCCCC(=O)O[C@H](COC(=O)CCC/C=C/C=C\C(O)C/C=C\C/C=C\CCCCC)COP(=O)(O)OC[C@@H](O)COP(=O)(O)O. The number of unbranched alkanes of at least 4 members (excludes halogenated alkanes) is 8. The van der Waals surface area contributed by atoms with Gasteiger partial charge in [-0.15, -0.1) is 0 Å². The number of hydrogen-bond donors (Lipinski definition) is 5. The van der Waals surface area contributed by atoms with E-state index in [9.17, 15) is 33.8 Å². The molecule has 14 nitrogen and oxygen atoms in total. The van der Waals surface area contributed by atoms with E-state index in [-0.39, 0.29) is 12.8 Å². The van der Waals surface area contributed by atoms with Gasteiger partial charge in [0.2, 0.25) is 0 Å². The third kappa shape index (κ3) is 43.6. The summed E-state index contributed by atoms with van der Waals surface area (Å²) >= 11 is 0. The van der Waals surface area contributed by atoms with E-state index >= 15 is 0 Å². The van der Waals surface area contributed by atoms with Gasteiger partial charge in [0, 0.05) is 12.8 Å². The largest absolute Gasteiger partial charge is 0.472 e. The molecule has 62 heavy (non-hydrogen) atoms. The summed E-state index contributed by atoms with van der Waals surface area (Å²) in [4.78, 5) is 52.7. The quantitative estimate of drug-likeness (QED) is 0.0127. The maximum Gasteiger partial charge on any atom is 0.472 e. The number of allylic oxidation sites excluding steroid dienone is 14. The topological polar surface area (TPSA) is 216 Å². The monoisotopic (exact) mass is 914 g/mol. The maximum absolute atomic E-state index is 12.7. The van der Waals surface area contributed by atoms with Gasteiger partial charge < -0.3 is 34.4 Å². The van der Waals surface area contributed by atoms with Gasteiger partial charge in [-0.1, -0.05) is 137 Å². The molecule has 4 atom stereocenters. The number of phosphoric acid groups is 2. The lowest BCUT2D eigenvalue weighted by Crippen LogP contribution is -2.30. The molecule has 0 heterocycles. The zero-order valence-electron chi connectivity index (χ0n) is 37.0. The van der Waals surface area contributed by atoms with Crippen LogP contribution in [0.1, 0.15) is 136 Å². The molecule has 0 spiro atoms. The Balaban J connectivity index is 4.75. The number of ether oxygens (including phenoxy) is 2. The molecule has 0 amide bonds. The second-order valence-electron chi connectivity index (χ2n) is 14.4. The van der Waals surface area contributed by atoms with Gasteiger partial charge in [0.1, 0.15) is 12.7 Å². The molecule has 0 aromatic heterocycles. The number of hydrogen-bond acceptors (Lipinski definition) is 11. The number of rotatable bonds is 40. The molecule has 2 unspecified atom stereocenters. The molecule has 5 N–H and O–H groups in total. The first-order chi connectivity index (χ1) is 29.8. The van der Waals surface area contributed by atoms with Gasteiger partial charge in [-0.25, -0.2) is 9.13 Å². The van der Waals surface area contributed by atoms with Crippen molar-refractivity contribution in [2.24, 2.45) is 0 Å². The Kier molecular flexibility index (Phi) is 38.8. The van der Waals surface area contributed by atoms with E-state index in [1.165, 1.54) is 19.3 Å². The Labute approximate surface area is 371 Å². The number of carbonyl (C=O) groups excluding carboxylic acids is 2. The molecule has 0 saturated heterocycles. The van der Waals surface area contributed by atoms with E-state index in [0.717, 1.165) is 64.2 Å². The second-order valence-corrected chi connectivity index (χ2v) is 17.1. The number of aliphatic hydroxyl groups is 2. The van der Waals surface area contributed by atoms with E-state index in [4.69, 9.17) is 23.8 Å². The van der Waals surface area contributed by atoms with Crippen molar-refractivity contribution in [3.63, 3.8) is 0 Å². The van der Waals surface area contributed by atoms with E-state index in [1.807, 2.05) is 18.2 Å². The van der Waals surface area contributed by atoms with Crippen molar-refractivity contribution in [2.75, 3.05) is 26.4 Å². The molecule has 0 saturated carbocycles. The summed E-state index contributed by atoms with van der Waals surface area (Å²) in [6.07, 6.45) is 44.3. The first kappa shape index (κ1) is 59.0. The predicted octanol–water partition coefficient (Wildman–Crippen LogP) is 10.3. The fraction of sp³-hybridized carbons (Fsp3) is 0.609. The zero-order chi connectivity index (χ0) is 46.0. The van der Waals surface area contributed by atoms with Crippen LogP contribution in [0.25, 0.3) is 0 Å². The normalized spacial score (nSPS) is 15.4. The van der Waals surface area contributed by atoms with Gasteiger partial charge in [-0.2, -0.15) is 0 Å². The third-order valence-electron chi connectivity index (χ3n) is 8.53. The van der Waals surface area contributed by atoms with Crippen LogP contribution >= 0.6 is 15.6 Å². The van der Waals surface area contributed by atoms with Crippen LogP contribution in [0.5, 0.6) is 0 Å². The van der Waals surface area contributed by atoms with Crippen molar-refractivity contribution in [1.29, 1.82) is 0 Å². The second kappa shape index (κ2) is 40.8. The van der Waals surface area contributed by atoms with Gasteiger partial charge in [0.05, 0.1) is 25.9 Å². The molecule has 16 heteroatoms. The highest BCUT2D eigenvalue weighted by Gasteiger charge is 2.28. The average Bonchev–Trinajstić information content (AvgIpc) is 3.23. The minimum Gasteiger partial charge on any atom is -0.462 e. The Morgan fingerprint density at radius 2 is 1.08 bits per heavy atom. The van der Waals surface area contributed by atoms with Crippen molar-refractivity contribution in [2.45, 2.75) is 154 Å². The summed E-state index contributed by atoms with van der Waals surface area (Å²) in [6.45, 7) is 1.41. The first-order valence-corrected chi connectivity index (χ1v) is 25.1. The molecule has 354 valence electrons. The molecule has 0 aliphatic rings. The standard InChI is InChI=1S/C46H76O14P2/c1-3-5-7-9-11-13-14-15-16-17-18-19-20-22-24-28-33-37-46(50)60-44(41-59-62(54,55)58-39-43(48)38-57-61(51,52)53)40-56-45(49)36-32-29-25-27-31-35-42(47)34-30-26-23-21-12-10-8-6-4-2/h5,7,11-13,15-16,18-19,21,25-27,30-31,35,42-44,47-48H,3-4,6,8-10,14,17,20,22-24,28-29,32-34,36-41H2,1-2H3,(H,54,55)(H2,51,52,53)/b7-5-,13-11-,16-15-,19-18-,21-12-,27-25+,30-26-,35-31-/t42?,43-,44+/m0/s1. The van der Waals surface area contributed by atoms with Crippen LogP contribution in [-0.2, 0) is 41.8 Å². The molecule has 0 bridgehead atoms. The smallest absolute Gasteiger partial charge is 0.462 e. The van der Waals surface area contributed by atoms with Crippen molar-refractivity contribution in [1.82, 2.24) is 0 Å². The predicted molar refractivity (Wildman–Crippen MR) is 245 cm³/mol. The average molecular weight is 915 g/mol. The van der Waals surface area contributed by atoms with E-state index in [1.54, 1.807) is 18.2 Å². The van der Waals surface area contributed by atoms with Crippen LogP contribution in [-0.4, -0.2) is 81.6 Å². The third-order valence-corrected chi connectivity index (χ3v) is 9.96. The number of carbonyl (C=O) groups is 2. The van der Waals surface area contributed by atoms with Gasteiger partial charge in [0.25, 0.3) is 0 Å². The lowest BCUT2D eigenvalue weighted by molar-refractivity contribution is -0.161. The summed E-state index contributed by atoms with van der Waals surface area (Å²) in [6, 6.07) is 0. The minimum absolute atomic E-state index is 0.0487. The molecule has 0 aliphatic carbocycles. The molecular formula is C46H76O14P2. The fourth-order valence-electron chi connectivity index (χ4n) is 5.17. The summed E-state index contributed by atoms with van der Waals surface area (Å²) in [5.41, 5.74) is 0. The number of phosphoric ester groups is 2. The zero-order valence-corrected chi connectivity index (χ0v) is 38.8. The maximum atomic E-state index is 12.7. The van der Waals surface area contributed by atoms with Crippen LogP contribution < -0.4 is 0 Å². The Morgan fingerprint density at radius 3 is 1.71 bits per heavy atom. The van der Waals surface area contributed by atoms with Crippen LogP contribution in [0.4, 0.5) is 0 Å². The van der Waals surface area contributed by atoms with E-state index < -0.39 is 72.3 Å². The molecule has 0 radical (unpaired) electrons. The highest BCUT2D eigenvalue weighted by Crippen LogP contribution is 2.43. The number of esters is 2. The molecule has 0 fully saturated rings. The summed E-state index contributed by atoms with van der Waals surface area (Å²) < 4.78 is 47.6. The first-order valence-electron chi connectivity index (χ1n) is 22.0. The molecule has 0 aliphatic heterocycles. The van der Waals surface area contributed by atoms with Gasteiger partial charge in [0.15, 0.2) is 6.10 Å². The Hall–Kier alpha value is -3.00. The summed E-state index contributed by atoms with van der Waals surface area (Å²) in [5.74, 6) is -1.20. The highest BCUT2D eigenvalue weighted by molar-refractivity contribution is 7.47. The summed E-state index contributed by atoms with van der Waals surface area (Å²) in [7, 11) is -9.74. The van der Waals surface area contributed by atoms with Gasteiger partial charge in [-0.05, 0) is 83.5 Å². The molecule has 0 rings (SSSR count). The lowest BCUT2D eigenvalue weighted by atomic mass is 10.1. The van der Waals surface area contributed by atoms with Crippen LogP contribution in [0.15, 0.2) is 97.2 Å². The van der Waals surface area contributed by atoms with Gasteiger partial charge >= 0.3 is 27.6 Å². The minimum atomic E-state index is -4.89. The fourth-order valence-corrected chi connectivity index (χ4v) is 6.33. The van der Waals surface area contributed by atoms with E-state index in [2.05, 4.69) is 83.7 Å². The van der Waals surface area contributed by atoms with Crippen LogP contribution in [0.3, 0.4) is 0 Å². The number of aliphatic hydroxyl groups excluding tert-OH is 2. The lowest BCUT2D eigenvalue weighted by Gasteiger charge is -2.20. The summed E-state index contributed by atoms with van der Waals surface area (Å²) in [5, 5.41) is 19.9. The van der Waals surface area contributed by atoms with Crippen LogP contribution in [0, 0.1) is 0 Å². The van der Waals surface area contributed by atoms with Crippen molar-refractivity contribution < 1.29 is 66.7 Å². The van der Waals surface area contributed by atoms with Crippen molar-refractivity contribution >= 4 is 27.6 Å². The Bertz CT molecular complexity index is 1480. The highest BCUT2D eigenvalue weighted by atomic mass is 31.2. The molecular weight excluding hydrogens is 838 g/mol. The van der Waals surface area contributed by atoms with Gasteiger partial charge in [-0.3, -0.25) is 23.2 Å². The molecule has 0 aromatic rings. The van der Waals surface area contributed by atoms with Crippen molar-refractivity contribution in [3.05, 3.63) is 97.2 Å².